The average Bonchev–Trinajstić information content (AvgIpc) is 2.80. The smallest absolute Gasteiger partial charge is 0.223 e. The number of hydrogen-bond donors (Lipinski definition) is 2. The molecule has 0 bridgehead atoms. The van der Waals surface area contributed by atoms with E-state index in [1.54, 1.807) is 11.3 Å². The fourth-order valence-electron chi connectivity index (χ4n) is 1.49. The van der Waals surface area contributed by atoms with Crippen LogP contribution in [-0.4, -0.2) is 17.4 Å². The van der Waals surface area contributed by atoms with Gasteiger partial charge in [0.15, 0.2) is 0 Å². The summed E-state index contributed by atoms with van der Waals surface area (Å²) >= 11 is 1.66. The van der Waals surface area contributed by atoms with Crippen LogP contribution in [0, 0.1) is 5.92 Å². The molecule has 0 aromatic carbocycles. The Labute approximate surface area is 107 Å². The van der Waals surface area contributed by atoms with Crippen molar-refractivity contribution in [2.75, 3.05) is 6.54 Å². The lowest BCUT2D eigenvalue weighted by atomic mass is 10.1. The molecule has 0 aliphatic carbocycles. The summed E-state index contributed by atoms with van der Waals surface area (Å²) in [5.74, 6) is 0.121. The molecule has 1 rings (SSSR count). The molecule has 0 aliphatic rings. The fraction of sp³-hybridized carbons (Fsp3) is 0.667. The van der Waals surface area contributed by atoms with Crippen LogP contribution in [0.2, 0.25) is 0 Å². The molecule has 1 amide bonds. The van der Waals surface area contributed by atoms with E-state index in [0.717, 1.165) is 24.3 Å². The molecule has 0 fully saturated rings. The van der Waals surface area contributed by atoms with Crippen LogP contribution >= 0.6 is 11.3 Å². The van der Waals surface area contributed by atoms with E-state index in [9.17, 15) is 4.79 Å². The van der Waals surface area contributed by atoms with Crippen LogP contribution < -0.4 is 11.1 Å². The van der Waals surface area contributed by atoms with Gasteiger partial charge in [0, 0.05) is 17.0 Å². The molecule has 0 radical (unpaired) electrons. The number of thiazole rings is 1. The quantitative estimate of drug-likeness (QED) is 0.779. The van der Waals surface area contributed by atoms with Crippen LogP contribution in [0.25, 0.3) is 0 Å². The predicted molar refractivity (Wildman–Crippen MR) is 70.8 cm³/mol. The van der Waals surface area contributed by atoms with Gasteiger partial charge in [-0.2, -0.15) is 0 Å². The fourth-order valence-corrected chi connectivity index (χ4v) is 2.29. The number of carbonyl (C=O) groups is 1. The monoisotopic (exact) mass is 255 g/mol. The minimum atomic E-state index is 0.0316. The Hall–Kier alpha value is -0.940. The van der Waals surface area contributed by atoms with Gasteiger partial charge in [-0.15, -0.1) is 11.3 Å². The third-order valence-electron chi connectivity index (χ3n) is 2.65. The average molecular weight is 255 g/mol. The van der Waals surface area contributed by atoms with Crippen molar-refractivity contribution in [3.63, 3.8) is 0 Å². The molecule has 0 spiro atoms. The van der Waals surface area contributed by atoms with Crippen molar-refractivity contribution in [1.29, 1.82) is 0 Å². The molecule has 1 aromatic heterocycles. The minimum absolute atomic E-state index is 0.0316. The van der Waals surface area contributed by atoms with Crippen molar-refractivity contribution in [2.45, 2.75) is 39.7 Å². The maximum absolute atomic E-state index is 11.7. The summed E-state index contributed by atoms with van der Waals surface area (Å²) < 4.78 is 0. The Balaban J connectivity index is 2.32. The number of nitrogens with two attached hydrogens (primary N) is 1. The van der Waals surface area contributed by atoms with E-state index < -0.39 is 0 Å². The van der Waals surface area contributed by atoms with Gasteiger partial charge in [-0.3, -0.25) is 4.79 Å². The molecule has 96 valence electrons. The maximum Gasteiger partial charge on any atom is 0.223 e. The zero-order valence-electron chi connectivity index (χ0n) is 10.5. The van der Waals surface area contributed by atoms with E-state index >= 15 is 0 Å². The maximum atomic E-state index is 11.7. The summed E-state index contributed by atoms with van der Waals surface area (Å²) in [5.41, 5.74) is 5.42. The van der Waals surface area contributed by atoms with Crippen molar-refractivity contribution in [2.24, 2.45) is 11.7 Å². The molecular formula is C12H21N3OS. The minimum Gasteiger partial charge on any atom is -0.349 e. The zero-order valence-corrected chi connectivity index (χ0v) is 11.3. The molecule has 1 atom stereocenters. The number of rotatable bonds is 7. The van der Waals surface area contributed by atoms with Gasteiger partial charge in [0.05, 0.1) is 6.54 Å². The Morgan fingerprint density at radius 1 is 1.65 bits per heavy atom. The third-order valence-corrected chi connectivity index (χ3v) is 3.79. The lowest BCUT2D eigenvalue weighted by molar-refractivity contribution is -0.124. The van der Waals surface area contributed by atoms with Gasteiger partial charge < -0.3 is 11.1 Å². The van der Waals surface area contributed by atoms with Crippen molar-refractivity contribution in [3.8, 4) is 0 Å². The molecule has 0 saturated heterocycles. The van der Waals surface area contributed by atoms with Gasteiger partial charge in [-0.05, 0) is 25.8 Å². The van der Waals surface area contributed by atoms with E-state index in [-0.39, 0.29) is 11.8 Å². The zero-order chi connectivity index (χ0) is 12.7. The highest BCUT2D eigenvalue weighted by Crippen LogP contribution is 2.13. The topological polar surface area (TPSA) is 68.0 Å². The van der Waals surface area contributed by atoms with Gasteiger partial charge >= 0.3 is 0 Å². The molecule has 5 heteroatoms. The van der Waals surface area contributed by atoms with E-state index in [4.69, 9.17) is 5.73 Å². The highest BCUT2D eigenvalue weighted by molar-refractivity contribution is 7.11. The van der Waals surface area contributed by atoms with Crippen LogP contribution in [0.15, 0.2) is 6.20 Å². The Morgan fingerprint density at radius 2 is 2.41 bits per heavy atom. The summed E-state index contributed by atoms with van der Waals surface area (Å²) in [6.45, 7) is 5.22. The summed E-state index contributed by atoms with van der Waals surface area (Å²) in [7, 11) is 0. The van der Waals surface area contributed by atoms with Crippen LogP contribution in [0.3, 0.4) is 0 Å². The molecule has 1 heterocycles. The standard InChI is InChI=1S/C12H21N3OS/c1-3-10-7-14-11(17-10)8-15-12(16)9(2)5-4-6-13/h7,9H,3-6,8,13H2,1-2H3,(H,15,16). The number of aromatic nitrogens is 1. The molecule has 0 saturated carbocycles. The number of aryl methyl sites for hydroxylation is 1. The van der Waals surface area contributed by atoms with Crippen molar-refractivity contribution in [3.05, 3.63) is 16.1 Å². The first kappa shape index (κ1) is 14.1. The van der Waals surface area contributed by atoms with Gasteiger partial charge in [0.2, 0.25) is 5.91 Å². The second-order valence-electron chi connectivity index (χ2n) is 4.12. The van der Waals surface area contributed by atoms with E-state index in [2.05, 4.69) is 17.2 Å². The van der Waals surface area contributed by atoms with Crippen molar-refractivity contribution in [1.82, 2.24) is 10.3 Å². The summed E-state index contributed by atoms with van der Waals surface area (Å²) in [6.07, 6.45) is 4.62. The van der Waals surface area contributed by atoms with Gasteiger partial charge in [-0.1, -0.05) is 13.8 Å². The highest BCUT2D eigenvalue weighted by Gasteiger charge is 2.12. The molecule has 3 N–H and O–H groups in total. The SMILES string of the molecule is CCc1cnc(CNC(=O)C(C)CCCN)s1. The van der Waals surface area contributed by atoms with E-state index in [1.165, 1.54) is 4.88 Å². The third kappa shape index (κ3) is 4.83. The summed E-state index contributed by atoms with van der Waals surface area (Å²) in [4.78, 5) is 17.2. The first-order valence-corrected chi connectivity index (χ1v) is 6.90. The summed E-state index contributed by atoms with van der Waals surface area (Å²) in [5, 5.41) is 3.89. The van der Waals surface area contributed by atoms with Gasteiger partial charge in [0.25, 0.3) is 0 Å². The number of nitrogens with zero attached hydrogens (tertiary/aromatic N) is 1. The highest BCUT2D eigenvalue weighted by atomic mass is 32.1. The van der Waals surface area contributed by atoms with Crippen molar-refractivity contribution < 1.29 is 4.79 Å². The molecular weight excluding hydrogens is 234 g/mol. The van der Waals surface area contributed by atoms with E-state index in [1.807, 2.05) is 13.1 Å². The first-order valence-electron chi connectivity index (χ1n) is 6.08. The van der Waals surface area contributed by atoms with Crippen LogP contribution in [0.1, 0.15) is 36.6 Å². The summed E-state index contributed by atoms with van der Waals surface area (Å²) in [6, 6.07) is 0. The Bertz CT molecular complexity index is 351. The number of hydrogen-bond acceptors (Lipinski definition) is 4. The Morgan fingerprint density at radius 3 is 3.00 bits per heavy atom. The second kappa shape index (κ2) is 7.40. The largest absolute Gasteiger partial charge is 0.349 e. The predicted octanol–water partition coefficient (Wildman–Crippen LogP) is 1.70. The number of carbonyl (C=O) groups excluding carboxylic acids is 1. The number of amides is 1. The number of nitrogens with one attached hydrogen (secondary N) is 1. The molecule has 4 nitrogen and oxygen atoms in total. The molecule has 1 aromatic rings. The second-order valence-corrected chi connectivity index (χ2v) is 5.32. The normalized spacial score (nSPS) is 12.4. The lowest BCUT2D eigenvalue weighted by Gasteiger charge is -2.10. The van der Waals surface area contributed by atoms with Crippen LogP contribution in [-0.2, 0) is 17.8 Å². The van der Waals surface area contributed by atoms with Gasteiger partial charge in [-0.25, -0.2) is 4.98 Å². The Kier molecular flexibility index (Phi) is 6.15. The van der Waals surface area contributed by atoms with Gasteiger partial charge in [0.1, 0.15) is 5.01 Å². The molecule has 17 heavy (non-hydrogen) atoms. The first-order chi connectivity index (χ1) is 8.17. The molecule has 0 aliphatic heterocycles. The van der Waals surface area contributed by atoms with Crippen molar-refractivity contribution >= 4 is 17.2 Å². The van der Waals surface area contributed by atoms with E-state index in [0.29, 0.717) is 13.1 Å². The van der Waals surface area contributed by atoms with Crippen LogP contribution in [0.4, 0.5) is 0 Å². The molecule has 1 unspecified atom stereocenters. The van der Waals surface area contributed by atoms with Crippen LogP contribution in [0.5, 0.6) is 0 Å². The lowest BCUT2D eigenvalue weighted by Crippen LogP contribution is -2.29.